The van der Waals surface area contributed by atoms with Crippen molar-refractivity contribution in [3.63, 3.8) is 0 Å². The molecule has 0 amide bonds. The van der Waals surface area contributed by atoms with Crippen LogP contribution < -0.4 is 60.2 Å². The topological polar surface area (TPSA) is 153 Å². The van der Waals surface area contributed by atoms with Crippen molar-refractivity contribution in [1.82, 2.24) is 14.7 Å². The predicted octanol–water partition coefficient (Wildman–Crippen LogP) is 0.353. The number of hydrogen-bond acceptors (Lipinski definition) is 11. The first-order chi connectivity index (χ1) is 16.6. The van der Waals surface area contributed by atoms with E-state index in [1.807, 2.05) is 32.0 Å². The van der Waals surface area contributed by atoms with Gasteiger partial charge in [-0.3, -0.25) is 4.57 Å². The van der Waals surface area contributed by atoms with Crippen molar-refractivity contribution in [3.05, 3.63) is 63.8 Å². The molecule has 2 aromatic carbocycles. The van der Waals surface area contributed by atoms with E-state index in [2.05, 4.69) is 25.1 Å². The van der Waals surface area contributed by atoms with Gasteiger partial charge in [-0.1, -0.05) is 0 Å². The Morgan fingerprint density at radius 3 is 2.44 bits per heavy atom. The van der Waals surface area contributed by atoms with E-state index in [0.29, 0.717) is 33.5 Å². The molecule has 2 heterocycles. The van der Waals surface area contributed by atoms with Crippen LogP contribution in [0.15, 0.2) is 45.7 Å². The molecule has 2 N–H and O–H groups in total. The van der Waals surface area contributed by atoms with Crippen LogP contribution in [0.5, 0.6) is 5.75 Å². The first kappa shape index (κ1) is 27.7. The maximum atomic E-state index is 12.2. The summed E-state index contributed by atoms with van der Waals surface area (Å²) in [6, 6.07) is 8.90. The average molecular weight is 523 g/mol. The Hall–Kier alpha value is -2.86. The van der Waals surface area contributed by atoms with Gasteiger partial charge in [-0.2, -0.15) is 4.98 Å². The van der Waals surface area contributed by atoms with Gasteiger partial charge >= 0.3 is 43.1 Å². The number of fused-ring (bicyclic) bond motifs is 1. The summed E-state index contributed by atoms with van der Waals surface area (Å²) in [5.74, 6) is 0.530. The molecule has 184 valence electrons. The Morgan fingerprint density at radius 1 is 1.03 bits per heavy atom. The standard InChI is InChI=1S/C22H24N5O7P.Na/c1-12-6-15(9-17(7-12)31-4)25-21-23-11-14(3)20(26-21)24-16-8-13(2)19-18(10-16)27(22(28)33-19)34-35(29,30)32-5;/h6-11H,1-5H3,(H,29,30)(H2,23,24,25,26);/q;+1/p-1. The average Bonchev–Trinajstić information content (AvgIpc) is 3.11. The Morgan fingerprint density at radius 2 is 1.75 bits per heavy atom. The zero-order valence-corrected chi connectivity index (χ0v) is 23.5. The van der Waals surface area contributed by atoms with Gasteiger partial charge in [-0.15, -0.1) is 4.73 Å². The third kappa shape index (κ3) is 6.09. The molecule has 0 spiro atoms. The van der Waals surface area contributed by atoms with Crippen molar-refractivity contribution in [2.75, 3.05) is 24.9 Å². The molecule has 0 saturated carbocycles. The van der Waals surface area contributed by atoms with Crippen LogP contribution in [0, 0.1) is 20.8 Å². The molecule has 0 bridgehead atoms. The maximum absolute atomic E-state index is 12.2. The zero-order chi connectivity index (χ0) is 25.3. The number of hydrogen-bond donors (Lipinski definition) is 2. The Labute approximate surface area is 228 Å². The fourth-order valence-electron chi connectivity index (χ4n) is 3.38. The Bertz CT molecular complexity index is 1520. The van der Waals surface area contributed by atoms with Crippen LogP contribution in [0.25, 0.3) is 11.1 Å². The molecule has 1 atom stereocenters. The third-order valence-electron chi connectivity index (χ3n) is 5.01. The number of anilines is 4. The van der Waals surface area contributed by atoms with Gasteiger partial charge in [0.25, 0.3) is 0 Å². The minimum absolute atomic E-state index is 0. The number of rotatable bonds is 8. The number of ether oxygens (including phenoxy) is 1. The van der Waals surface area contributed by atoms with Gasteiger partial charge < -0.3 is 33.8 Å². The normalized spacial score (nSPS) is 12.5. The number of nitrogens with one attached hydrogen (secondary N) is 2. The molecule has 0 aliphatic carbocycles. The zero-order valence-electron chi connectivity index (χ0n) is 20.6. The van der Waals surface area contributed by atoms with Crippen molar-refractivity contribution in [2.45, 2.75) is 20.8 Å². The first-order valence-corrected chi connectivity index (χ1v) is 11.8. The molecule has 0 aliphatic heterocycles. The van der Waals surface area contributed by atoms with Gasteiger partial charge in [0.15, 0.2) is 5.58 Å². The molecule has 36 heavy (non-hydrogen) atoms. The van der Waals surface area contributed by atoms with E-state index in [4.69, 9.17) is 13.8 Å². The minimum Gasteiger partial charge on any atom is -0.745 e. The molecule has 2 aromatic heterocycles. The number of methoxy groups -OCH3 is 1. The van der Waals surface area contributed by atoms with E-state index in [1.54, 1.807) is 26.3 Å². The van der Waals surface area contributed by atoms with Crippen LogP contribution in [0.3, 0.4) is 0 Å². The Kier molecular flexibility index (Phi) is 8.50. The van der Waals surface area contributed by atoms with Gasteiger partial charge in [0.2, 0.25) is 5.95 Å². The van der Waals surface area contributed by atoms with Crippen LogP contribution >= 0.6 is 7.82 Å². The number of phosphoric acid groups is 1. The largest absolute Gasteiger partial charge is 1.00 e. The SMILES string of the molecule is COc1cc(C)cc(Nc2ncc(C)c(Nc3cc(C)c4oc(=O)n(OP(=O)([O-])OC)c4c3)n2)c1.[Na+]. The van der Waals surface area contributed by atoms with Gasteiger partial charge in [0.05, 0.1) is 7.11 Å². The van der Waals surface area contributed by atoms with E-state index < -0.39 is 13.6 Å². The summed E-state index contributed by atoms with van der Waals surface area (Å²) in [6.07, 6.45) is 1.65. The number of oxazole rings is 1. The second-order valence-electron chi connectivity index (χ2n) is 7.73. The number of benzene rings is 2. The smallest absolute Gasteiger partial charge is 0.745 e. The second-order valence-corrected chi connectivity index (χ2v) is 9.15. The quantitative estimate of drug-likeness (QED) is 0.243. The number of phosphoric ester groups is 1. The molecule has 14 heteroatoms. The minimum atomic E-state index is -4.75. The van der Waals surface area contributed by atoms with Crippen LogP contribution in [-0.2, 0) is 9.09 Å². The van der Waals surface area contributed by atoms with E-state index in [9.17, 15) is 14.3 Å². The molecule has 12 nitrogen and oxygen atoms in total. The van der Waals surface area contributed by atoms with Crippen molar-refractivity contribution < 1.29 is 57.3 Å². The molecule has 1 unspecified atom stereocenters. The van der Waals surface area contributed by atoms with Crippen molar-refractivity contribution >= 4 is 42.1 Å². The van der Waals surface area contributed by atoms with Crippen molar-refractivity contribution in [1.29, 1.82) is 0 Å². The second kappa shape index (κ2) is 11.0. The van der Waals surface area contributed by atoms with Crippen LogP contribution in [0.1, 0.15) is 16.7 Å². The molecule has 4 aromatic rings. The van der Waals surface area contributed by atoms with Gasteiger partial charge in [-0.05, 0) is 56.2 Å². The summed E-state index contributed by atoms with van der Waals surface area (Å²) in [5.41, 5.74) is 3.86. The van der Waals surface area contributed by atoms with Gasteiger partial charge in [0, 0.05) is 36.3 Å². The summed E-state index contributed by atoms with van der Waals surface area (Å²) >= 11 is 0. The van der Waals surface area contributed by atoms with Crippen LogP contribution in [0.2, 0.25) is 0 Å². The van der Waals surface area contributed by atoms with Crippen LogP contribution in [0.4, 0.5) is 23.1 Å². The molecular formula is C22H23N5NaO7P. The summed E-state index contributed by atoms with van der Waals surface area (Å²) in [7, 11) is -2.23. The van der Waals surface area contributed by atoms with Crippen molar-refractivity contribution in [3.8, 4) is 5.75 Å². The van der Waals surface area contributed by atoms with E-state index in [1.165, 1.54) is 6.07 Å². The van der Waals surface area contributed by atoms with Crippen molar-refractivity contribution in [2.24, 2.45) is 0 Å². The van der Waals surface area contributed by atoms with E-state index in [0.717, 1.165) is 23.9 Å². The fraction of sp³-hybridized carbons (Fsp3) is 0.227. The van der Waals surface area contributed by atoms with E-state index in [-0.39, 0.29) is 40.7 Å². The maximum Gasteiger partial charge on any atom is 1.00 e. The molecule has 0 aliphatic rings. The summed E-state index contributed by atoms with van der Waals surface area (Å²) in [4.78, 5) is 32.8. The molecule has 0 radical (unpaired) electrons. The molecule has 4 rings (SSSR count). The van der Waals surface area contributed by atoms with Gasteiger partial charge in [-0.25, -0.2) is 9.78 Å². The summed E-state index contributed by atoms with van der Waals surface area (Å²) < 4.78 is 31.8. The number of aryl methyl sites for hydroxylation is 3. The predicted molar refractivity (Wildman–Crippen MR) is 127 cm³/mol. The molecule has 0 fully saturated rings. The third-order valence-corrected chi connectivity index (χ3v) is 5.82. The fourth-order valence-corrected chi connectivity index (χ4v) is 3.80. The molecular weight excluding hydrogens is 500 g/mol. The summed E-state index contributed by atoms with van der Waals surface area (Å²) in [6.45, 7) is 5.49. The molecule has 0 saturated heterocycles. The number of aromatic nitrogens is 3. The monoisotopic (exact) mass is 523 g/mol. The van der Waals surface area contributed by atoms with Crippen LogP contribution in [-0.4, -0.2) is 28.9 Å². The summed E-state index contributed by atoms with van der Waals surface area (Å²) in [5, 5.41) is 6.33. The first-order valence-electron chi connectivity index (χ1n) is 10.3. The van der Waals surface area contributed by atoms with Gasteiger partial charge in [0.1, 0.15) is 17.1 Å². The Balaban J connectivity index is 0.00000361. The van der Waals surface area contributed by atoms with E-state index >= 15 is 0 Å². The number of nitrogens with zero attached hydrogens (tertiary/aromatic N) is 3.